The van der Waals surface area contributed by atoms with Gasteiger partial charge >= 0.3 is 0 Å². The highest BCUT2D eigenvalue weighted by Gasteiger charge is 2.48. The molecule has 2 aliphatic rings. The van der Waals surface area contributed by atoms with Crippen LogP contribution in [0.15, 0.2) is 83.4 Å². The predicted octanol–water partition coefficient (Wildman–Crippen LogP) is 4.57. The maximum Gasteiger partial charge on any atom is 0.246 e. The summed E-state index contributed by atoms with van der Waals surface area (Å²) in [6, 6.07) is 18.8. The van der Waals surface area contributed by atoms with E-state index in [2.05, 4.69) is 52.9 Å². The minimum atomic E-state index is -0.0190. The molecule has 3 unspecified atom stereocenters. The lowest BCUT2D eigenvalue weighted by atomic mass is 10.1. The van der Waals surface area contributed by atoms with Gasteiger partial charge in [-0.15, -0.1) is 0 Å². The average molecular weight is 469 g/mol. The maximum absolute atomic E-state index is 12.4. The van der Waals surface area contributed by atoms with Gasteiger partial charge in [0.1, 0.15) is 17.8 Å². The second-order valence-corrected chi connectivity index (χ2v) is 10.0. The highest BCUT2D eigenvalue weighted by Crippen LogP contribution is 2.46. The predicted molar refractivity (Wildman–Crippen MR) is 133 cm³/mol. The van der Waals surface area contributed by atoms with Crippen molar-refractivity contribution in [3.05, 3.63) is 73.6 Å². The van der Waals surface area contributed by atoms with Gasteiger partial charge in [-0.25, -0.2) is 14.6 Å². The van der Waals surface area contributed by atoms with Crippen LogP contribution < -0.4 is 5.73 Å². The van der Waals surface area contributed by atoms with E-state index in [1.165, 1.54) is 17.3 Å². The second kappa shape index (κ2) is 8.29. The van der Waals surface area contributed by atoms with E-state index in [-0.39, 0.29) is 18.0 Å². The van der Waals surface area contributed by atoms with Gasteiger partial charge in [0.25, 0.3) is 0 Å². The van der Waals surface area contributed by atoms with Crippen LogP contribution in [0.25, 0.3) is 22.3 Å². The van der Waals surface area contributed by atoms with E-state index in [1.807, 2.05) is 27.8 Å². The number of hydrogen-bond acceptors (Lipinski definition) is 6. The van der Waals surface area contributed by atoms with Gasteiger partial charge in [0.2, 0.25) is 5.91 Å². The summed E-state index contributed by atoms with van der Waals surface area (Å²) in [5.41, 5.74) is 8.78. The van der Waals surface area contributed by atoms with Crippen LogP contribution in [-0.4, -0.2) is 43.1 Å². The van der Waals surface area contributed by atoms with Crippen molar-refractivity contribution in [2.45, 2.75) is 34.7 Å². The highest BCUT2D eigenvalue weighted by atomic mass is 32.2. The Balaban J connectivity index is 1.38. The Morgan fingerprint density at radius 2 is 1.76 bits per heavy atom. The van der Waals surface area contributed by atoms with Crippen LogP contribution in [0.2, 0.25) is 0 Å². The van der Waals surface area contributed by atoms with Crippen LogP contribution in [0, 0.1) is 5.92 Å². The summed E-state index contributed by atoms with van der Waals surface area (Å²) < 4.78 is 1.97. The summed E-state index contributed by atoms with van der Waals surface area (Å²) in [6.07, 6.45) is 4.84. The summed E-state index contributed by atoms with van der Waals surface area (Å²) in [5.74, 6) is 0.862. The Morgan fingerprint density at radius 1 is 1.03 bits per heavy atom. The molecule has 7 nitrogen and oxygen atoms in total. The number of likely N-dealkylation sites (tertiary alicyclic amines) is 1. The molecule has 1 aliphatic heterocycles. The summed E-state index contributed by atoms with van der Waals surface area (Å²) in [7, 11) is 0. The van der Waals surface area contributed by atoms with Crippen molar-refractivity contribution in [3.8, 4) is 11.3 Å². The van der Waals surface area contributed by atoms with Gasteiger partial charge in [-0.05, 0) is 49.1 Å². The van der Waals surface area contributed by atoms with Crippen LogP contribution in [0.4, 0.5) is 5.82 Å². The van der Waals surface area contributed by atoms with Gasteiger partial charge in [-0.1, -0.05) is 48.7 Å². The van der Waals surface area contributed by atoms with E-state index in [0.29, 0.717) is 17.4 Å². The molecule has 2 bridgehead atoms. The number of hydrogen-bond donors (Lipinski definition) is 1. The third-order valence-electron chi connectivity index (χ3n) is 6.85. The molecule has 34 heavy (non-hydrogen) atoms. The minimum absolute atomic E-state index is 0.0190. The maximum atomic E-state index is 12.4. The summed E-state index contributed by atoms with van der Waals surface area (Å²) >= 11 is 1.72. The average Bonchev–Trinajstić information content (AvgIpc) is 3.58. The number of carbonyl (C=O) groups is 1. The molecule has 3 atom stereocenters. The molecule has 4 aromatic rings. The molecular weight excluding hydrogens is 444 g/mol. The van der Waals surface area contributed by atoms with Crippen LogP contribution in [0.5, 0.6) is 0 Å². The molecule has 170 valence electrons. The monoisotopic (exact) mass is 468 g/mol. The van der Waals surface area contributed by atoms with Crippen LogP contribution in [-0.2, 0) is 4.79 Å². The molecule has 2 fully saturated rings. The van der Waals surface area contributed by atoms with Gasteiger partial charge in [0.05, 0.1) is 17.5 Å². The Hall–Kier alpha value is -3.65. The number of anilines is 1. The molecule has 8 heteroatoms. The number of fused-ring (bicyclic) bond motifs is 3. The molecule has 0 radical (unpaired) electrons. The number of rotatable bonds is 5. The summed E-state index contributed by atoms with van der Waals surface area (Å²) in [5, 5.41) is 5.78. The number of amides is 1. The molecular formula is C26H24N6OS. The largest absolute Gasteiger partial charge is 0.383 e. The fourth-order valence-electron chi connectivity index (χ4n) is 5.36. The quantitative estimate of drug-likeness (QED) is 0.432. The number of carbonyl (C=O) groups excluding carboxylic acids is 1. The van der Waals surface area contributed by atoms with Crippen molar-refractivity contribution in [3.63, 3.8) is 0 Å². The standard InChI is InChI=1S/C26H24N6OS/c1-2-22(33)31-14-16-12-20(31)21(13-16)32-26-23(25(27)28-15-29-26)24(30-32)17-8-10-19(11-9-17)34-18-6-4-3-5-7-18/h2-11,15-16,20-21H,1,12-14H2,(H2,27,28,29). The lowest BCUT2D eigenvalue weighted by Gasteiger charge is -2.32. The molecule has 1 saturated carbocycles. The lowest BCUT2D eigenvalue weighted by molar-refractivity contribution is -0.128. The van der Waals surface area contributed by atoms with Crippen molar-refractivity contribution in [2.24, 2.45) is 5.92 Å². The molecule has 3 heterocycles. The van der Waals surface area contributed by atoms with Crippen LogP contribution in [0.3, 0.4) is 0 Å². The number of benzene rings is 2. The molecule has 1 amide bonds. The summed E-state index contributed by atoms with van der Waals surface area (Å²) in [6.45, 7) is 4.46. The van der Waals surface area contributed by atoms with E-state index >= 15 is 0 Å². The van der Waals surface area contributed by atoms with Crippen LogP contribution in [0.1, 0.15) is 18.9 Å². The zero-order valence-corrected chi connectivity index (χ0v) is 19.4. The summed E-state index contributed by atoms with van der Waals surface area (Å²) in [4.78, 5) is 25.5. The zero-order valence-electron chi connectivity index (χ0n) is 18.5. The van der Waals surface area contributed by atoms with Crippen molar-refractivity contribution in [2.75, 3.05) is 12.3 Å². The molecule has 2 aromatic carbocycles. The fourth-order valence-corrected chi connectivity index (χ4v) is 6.20. The van der Waals surface area contributed by atoms with Gasteiger partial charge in [-0.3, -0.25) is 4.79 Å². The Morgan fingerprint density at radius 3 is 2.50 bits per heavy atom. The third-order valence-corrected chi connectivity index (χ3v) is 7.86. The van der Waals surface area contributed by atoms with E-state index in [0.717, 1.165) is 40.9 Å². The number of nitrogen functional groups attached to an aromatic ring is 1. The van der Waals surface area contributed by atoms with Gasteiger partial charge < -0.3 is 10.6 Å². The van der Waals surface area contributed by atoms with Gasteiger partial charge in [0.15, 0.2) is 5.65 Å². The van der Waals surface area contributed by atoms with E-state index in [4.69, 9.17) is 10.8 Å². The Bertz CT molecular complexity index is 1380. The molecule has 2 aromatic heterocycles. The smallest absolute Gasteiger partial charge is 0.246 e. The first-order chi connectivity index (χ1) is 16.6. The number of nitrogens with zero attached hydrogens (tertiary/aromatic N) is 5. The van der Waals surface area contributed by atoms with Gasteiger partial charge in [-0.2, -0.15) is 5.10 Å². The molecule has 1 saturated heterocycles. The molecule has 1 aliphatic carbocycles. The fraction of sp³-hybridized carbons (Fsp3) is 0.231. The molecule has 6 rings (SSSR count). The highest BCUT2D eigenvalue weighted by molar-refractivity contribution is 7.99. The Labute approximate surface area is 201 Å². The first kappa shape index (κ1) is 20.9. The zero-order chi connectivity index (χ0) is 23.2. The van der Waals surface area contributed by atoms with E-state index in [9.17, 15) is 4.79 Å². The van der Waals surface area contributed by atoms with E-state index < -0.39 is 0 Å². The molecule has 2 N–H and O–H groups in total. The van der Waals surface area contributed by atoms with Crippen molar-refractivity contribution in [1.29, 1.82) is 0 Å². The lowest BCUT2D eigenvalue weighted by Crippen LogP contribution is -2.42. The van der Waals surface area contributed by atoms with Crippen molar-refractivity contribution >= 4 is 34.5 Å². The number of piperidine rings is 1. The molecule has 0 spiro atoms. The minimum Gasteiger partial charge on any atom is -0.383 e. The normalized spacial score (nSPS) is 21.3. The second-order valence-electron chi connectivity index (χ2n) is 8.86. The first-order valence-corrected chi connectivity index (χ1v) is 12.2. The number of aromatic nitrogens is 4. The first-order valence-electron chi connectivity index (χ1n) is 11.4. The van der Waals surface area contributed by atoms with Gasteiger partial charge in [0, 0.05) is 21.9 Å². The van der Waals surface area contributed by atoms with Crippen molar-refractivity contribution < 1.29 is 4.79 Å². The SMILES string of the molecule is C=CC(=O)N1CC2CC1C(n1nc(-c3ccc(Sc4ccccc4)cc3)c3c(N)ncnc31)C2. The topological polar surface area (TPSA) is 89.9 Å². The van der Waals surface area contributed by atoms with E-state index in [1.54, 1.807) is 11.8 Å². The van der Waals surface area contributed by atoms with Crippen LogP contribution >= 0.6 is 11.8 Å². The third kappa shape index (κ3) is 3.45. The van der Waals surface area contributed by atoms with Crippen molar-refractivity contribution in [1.82, 2.24) is 24.6 Å². The Kier molecular flexibility index (Phi) is 5.10. The number of nitrogens with two attached hydrogens (primary N) is 1.